The van der Waals surface area contributed by atoms with Crippen LogP contribution in [-0.4, -0.2) is 24.4 Å². The van der Waals surface area contributed by atoms with Crippen molar-refractivity contribution in [3.05, 3.63) is 0 Å². The fourth-order valence-corrected chi connectivity index (χ4v) is 0.860. The molecule has 0 heterocycles. The third kappa shape index (κ3) is 9.65. The third-order valence-electron chi connectivity index (χ3n) is 1.32. The SMILES string of the molecule is CC(C)OCCCCNC(N)=S. The molecule has 0 atom stereocenters. The Kier molecular flexibility index (Phi) is 7.09. The Morgan fingerprint density at radius 3 is 2.67 bits per heavy atom. The fraction of sp³-hybridized carbons (Fsp3) is 0.875. The van der Waals surface area contributed by atoms with Gasteiger partial charge in [-0.25, -0.2) is 0 Å². The van der Waals surface area contributed by atoms with Crippen molar-refractivity contribution in [3.63, 3.8) is 0 Å². The summed E-state index contributed by atoms with van der Waals surface area (Å²) in [6.45, 7) is 5.73. The molecule has 0 saturated carbocycles. The summed E-state index contributed by atoms with van der Waals surface area (Å²) in [5.41, 5.74) is 5.24. The lowest BCUT2D eigenvalue weighted by atomic mass is 10.3. The van der Waals surface area contributed by atoms with Crippen LogP contribution < -0.4 is 11.1 Å². The number of hydrogen-bond donors (Lipinski definition) is 2. The van der Waals surface area contributed by atoms with Crippen LogP contribution >= 0.6 is 12.2 Å². The van der Waals surface area contributed by atoms with E-state index in [-0.39, 0.29) is 0 Å². The molecule has 0 aromatic rings. The van der Waals surface area contributed by atoms with Crippen molar-refractivity contribution in [3.8, 4) is 0 Å². The van der Waals surface area contributed by atoms with Gasteiger partial charge in [0, 0.05) is 13.2 Å². The average molecular weight is 190 g/mol. The van der Waals surface area contributed by atoms with Crippen molar-refractivity contribution in [2.75, 3.05) is 13.2 Å². The van der Waals surface area contributed by atoms with E-state index in [9.17, 15) is 0 Å². The number of unbranched alkanes of at least 4 members (excludes halogenated alkanes) is 1. The molecule has 12 heavy (non-hydrogen) atoms. The molecule has 0 aromatic heterocycles. The first-order valence-corrected chi connectivity index (χ1v) is 4.68. The van der Waals surface area contributed by atoms with Crippen LogP contribution in [0.1, 0.15) is 26.7 Å². The lowest BCUT2D eigenvalue weighted by Gasteiger charge is -2.07. The Hall–Kier alpha value is -0.350. The van der Waals surface area contributed by atoms with Crippen LogP contribution in [0.15, 0.2) is 0 Å². The molecule has 0 spiro atoms. The van der Waals surface area contributed by atoms with E-state index in [4.69, 9.17) is 10.5 Å². The van der Waals surface area contributed by atoms with Gasteiger partial charge >= 0.3 is 0 Å². The molecule has 0 rings (SSSR count). The highest BCUT2D eigenvalue weighted by molar-refractivity contribution is 7.80. The molecule has 72 valence electrons. The van der Waals surface area contributed by atoms with Crippen LogP contribution in [0.5, 0.6) is 0 Å². The molecule has 0 amide bonds. The van der Waals surface area contributed by atoms with E-state index >= 15 is 0 Å². The number of nitrogens with one attached hydrogen (secondary N) is 1. The molecule has 0 aliphatic carbocycles. The van der Waals surface area contributed by atoms with Crippen molar-refractivity contribution in [2.24, 2.45) is 5.73 Å². The second-order valence-electron chi connectivity index (χ2n) is 2.92. The van der Waals surface area contributed by atoms with Crippen molar-refractivity contribution in [1.82, 2.24) is 5.32 Å². The number of thiocarbonyl (C=S) groups is 1. The molecular formula is C8H18N2OS. The lowest BCUT2D eigenvalue weighted by molar-refractivity contribution is 0.0762. The molecular weight excluding hydrogens is 172 g/mol. The van der Waals surface area contributed by atoms with Crippen molar-refractivity contribution in [1.29, 1.82) is 0 Å². The van der Waals surface area contributed by atoms with Crippen molar-refractivity contribution < 1.29 is 4.74 Å². The van der Waals surface area contributed by atoms with Gasteiger partial charge in [0.15, 0.2) is 5.11 Å². The van der Waals surface area contributed by atoms with E-state index < -0.39 is 0 Å². The predicted octanol–water partition coefficient (Wildman–Crippen LogP) is 1.02. The van der Waals surface area contributed by atoms with E-state index in [1.807, 2.05) is 13.8 Å². The van der Waals surface area contributed by atoms with E-state index in [1.54, 1.807) is 0 Å². The first-order valence-electron chi connectivity index (χ1n) is 4.28. The summed E-state index contributed by atoms with van der Waals surface area (Å²) in [7, 11) is 0. The van der Waals surface area contributed by atoms with E-state index in [0.29, 0.717) is 11.2 Å². The molecule has 3 N–H and O–H groups in total. The average Bonchev–Trinajstić information content (AvgIpc) is 1.95. The maximum atomic E-state index is 5.36. The lowest BCUT2D eigenvalue weighted by Crippen LogP contribution is -2.29. The summed E-state index contributed by atoms with van der Waals surface area (Å²) >= 11 is 4.65. The monoisotopic (exact) mass is 190 g/mol. The molecule has 0 aliphatic rings. The standard InChI is InChI=1S/C8H18N2OS/c1-7(2)11-6-4-3-5-10-8(9)12/h7H,3-6H2,1-2H3,(H3,9,10,12). The van der Waals surface area contributed by atoms with Gasteiger partial charge in [0.25, 0.3) is 0 Å². The van der Waals surface area contributed by atoms with Gasteiger partial charge in [-0.2, -0.15) is 0 Å². The zero-order valence-electron chi connectivity index (χ0n) is 7.80. The minimum absolute atomic E-state index is 0.327. The van der Waals surface area contributed by atoms with Crippen molar-refractivity contribution >= 4 is 17.3 Å². The maximum Gasteiger partial charge on any atom is 0.163 e. The topological polar surface area (TPSA) is 47.3 Å². The summed E-state index contributed by atoms with van der Waals surface area (Å²) in [6.07, 6.45) is 2.42. The number of rotatable bonds is 6. The van der Waals surface area contributed by atoms with E-state index in [2.05, 4.69) is 17.5 Å². The van der Waals surface area contributed by atoms with Crippen LogP contribution in [0.4, 0.5) is 0 Å². The first-order chi connectivity index (χ1) is 5.63. The molecule has 0 saturated heterocycles. The minimum atomic E-state index is 0.327. The van der Waals surface area contributed by atoms with Crippen LogP contribution in [0.25, 0.3) is 0 Å². The van der Waals surface area contributed by atoms with Crippen LogP contribution in [0.2, 0.25) is 0 Å². The Labute approximate surface area is 79.7 Å². The Morgan fingerprint density at radius 1 is 1.50 bits per heavy atom. The Balaban J connectivity index is 2.96. The highest BCUT2D eigenvalue weighted by Gasteiger charge is 1.93. The van der Waals surface area contributed by atoms with Crippen LogP contribution in [-0.2, 0) is 4.74 Å². The largest absolute Gasteiger partial charge is 0.379 e. The second kappa shape index (κ2) is 7.31. The predicted molar refractivity (Wildman–Crippen MR) is 55.1 cm³/mol. The number of ether oxygens (including phenoxy) is 1. The number of hydrogen-bond acceptors (Lipinski definition) is 2. The van der Waals surface area contributed by atoms with Gasteiger partial charge in [0.2, 0.25) is 0 Å². The highest BCUT2D eigenvalue weighted by atomic mass is 32.1. The minimum Gasteiger partial charge on any atom is -0.379 e. The molecule has 4 heteroatoms. The van der Waals surface area contributed by atoms with E-state index in [0.717, 1.165) is 26.0 Å². The van der Waals surface area contributed by atoms with Gasteiger partial charge in [-0.1, -0.05) is 0 Å². The molecule has 0 bridgehead atoms. The zero-order valence-corrected chi connectivity index (χ0v) is 8.62. The van der Waals surface area contributed by atoms with Crippen molar-refractivity contribution in [2.45, 2.75) is 32.8 Å². The van der Waals surface area contributed by atoms with Gasteiger partial charge in [0.1, 0.15) is 0 Å². The fourth-order valence-electron chi connectivity index (χ4n) is 0.758. The third-order valence-corrected chi connectivity index (χ3v) is 1.47. The Morgan fingerprint density at radius 2 is 2.17 bits per heavy atom. The summed E-state index contributed by atoms with van der Waals surface area (Å²) in [5.74, 6) is 0. The van der Waals surface area contributed by atoms with Gasteiger partial charge in [0.05, 0.1) is 6.10 Å². The van der Waals surface area contributed by atoms with Gasteiger partial charge < -0.3 is 15.8 Å². The second-order valence-corrected chi connectivity index (χ2v) is 3.36. The molecule has 0 aliphatic heterocycles. The maximum absolute atomic E-state index is 5.36. The van der Waals surface area contributed by atoms with Gasteiger partial charge in [-0.05, 0) is 38.9 Å². The quantitative estimate of drug-likeness (QED) is 0.485. The summed E-state index contributed by atoms with van der Waals surface area (Å²) < 4.78 is 5.36. The highest BCUT2D eigenvalue weighted by Crippen LogP contribution is 1.92. The summed E-state index contributed by atoms with van der Waals surface area (Å²) in [5, 5.41) is 3.26. The molecule has 0 unspecified atom stereocenters. The van der Waals surface area contributed by atoms with Gasteiger partial charge in [-0.3, -0.25) is 0 Å². The van der Waals surface area contributed by atoms with Crippen LogP contribution in [0, 0.1) is 0 Å². The zero-order chi connectivity index (χ0) is 9.40. The smallest absolute Gasteiger partial charge is 0.163 e. The molecule has 0 aromatic carbocycles. The Bertz CT molecular complexity index is 128. The summed E-state index contributed by atoms with van der Waals surface area (Å²) in [4.78, 5) is 0. The normalized spacial score (nSPS) is 10.2. The first kappa shape index (κ1) is 11.6. The van der Waals surface area contributed by atoms with Crippen LogP contribution in [0.3, 0.4) is 0 Å². The molecule has 0 radical (unpaired) electrons. The molecule has 3 nitrogen and oxygen atoms in total. The van der Waals surface area contributed by atoms with E-state index in [1.165, 1.54) is 0 Å². The molecule has 0 fully saturated rings. The summed E-state index contributed by atoms with van der Waals surface area (Å²) in [6, 6.07) is 0. The number of nitrogens with two attached hydrogens (primary N) is 1. The van der Waals surface area contributed by atoms with Gasteiger partial charge in [-0.15, -0.1) is 0 Å².